The van der Waals surface area contributed by atoms with Gasteiger partial charge in [-0.3, -0.25) is 19.8 Å². The van der Waals surface area contributed by atoms with E-state index in [0.29, 0.717) is 44.2 Å². The Morgan fingerprint density at radius 2 is 1.86 bits per heavy atom. The van der Waals surface area contributed by atoms with E-state index in [4.69, 9.17) is 39.5 Å². The van der Waals surface area contributed by atoms with Crippen LogP contribution >= 0.6 is 34.8 Å². The van der Waals surface area contributed by atoms with E-state index in [2.05, 4.69) is 5.32 Å². The number of para-hydroxylation sites is 1. The average Bonchev–Trinajstić information content (AvgIpc) is 3.30. The van der Waals surface area contributed by atoms with E-state index >= 15 is 0 Å². The molecule has 180 valence electrons. The lowest BCUT2D eigenvalue weighted by Gasteiger charge is -2.30. The SMILES string of the molecule is CN1C[C@H](c2ccc(OCc3ccc(Cl)c(Cl)c3)c(Cl)c2)[C@H]([N+](=O)[O-])[C@]12C(=O)Nc1ccccc12. The van der Waals surface area contributed by atoms with E-state index in [1.165, 1.54) is 0 Å². The van der Waals surface area contributed by atoms with Gasteiger partial charge in [-0.2, -0.15) is 0 Å². The highest BCUT2D eigenvalue weighted by Crippen LogP contribution is 2.52. The van der Waals surface area contributed by atoms with Crippen molar-refractivity contribution in [2.24, 2.45) is 0 Å². The first-order chi connectivity index (χ1) is 16.7. The average molecular weight is 533 g/mol. The second kappa shape index (κ2) is 8.99. The molecule has 0 radical (unpaired) electrons. The predicted octanol–water partition coefficient (Wildman–Crippen LogP) is 5.75. The summed E-state index contributed by atoms with van der Waals surface area (Å²) in [6.45, 7) is 0.535. The summed E-state index contributed by atoms with van der Waals surface area (Å²) in [7, 11) is 1.74. The number of carbonyl (C=O) groups excluding carboxylic acids is 1. The molecule has 1 amide bonds. The lowest BCUT2D eigenvalue weighted by Crippen LogP contribution is -2.54. The summed E-state index contributed by atoms with van der Waals surface area (Å²) in [4.78, 5) is 27.1. The minimum atomic E-state index is -1.40. The van der Waals surface area contributed by atoms with Crippen LogP contribution in [0.15, 0.2) is 60.7 Å². The number of nitrogens with zero attached hydrogens (tertiary/aromatic N) is 2. The maximum absolute atomic E-state index is 13.2. The molecule has 1 fully saturated rings. The number of amides is 1. The van der Waals surface area contributed by atoms with Crippen LogP contribution in [-0.2, 0) is 16.9 Å². The zero-order chi connectivity index (χ0) is 24.9. The summed E-state index contributed by atoms with van der Waals surface area (Å²) in [5, 5.41) is 16.5. The number of nitrogens with one attached hydrogen (secondary N) is 1. The van der Waals surface area contributed by atoms with E-state index < -0.39 is 23.4 Å². The Morgan fingerprint density at radius 3 is 2.57 bits per heavy atom. The van der Waals surface area contributed by atoms with Crippen LogP contribution in [0.3, 0.4) is 0 Å². The molecular formula is C25H20Cl3N3O4. The van der Waals surface area contributed by atoms with Gasteiger partial charge < -0.3 is 10.1 Å². The summed E-state index contributed by atoms with van der Waals surface area (Å²) in [6.07, 6.45) is 0. The number of hydrogen-bond donors (Lipinski definition) is 1. The quantitative estimate of drug-likeness (QED) is 0.334. The van der Waals surface area contributed by atoms with Crippen LogP contribution in [-0.4, -0.2) is 35.4 Å². The highest BCUT2D eigenvalue weighted by atomic mass is 35.5. The number of rotatable bonds is 5. The number of likely N-dealkylation sites (tertiary alicyclic amines) is 1. The van der Waals surface area contributed by atoms with Crippen LogP contribution in [0, 0.1) is 10.1 Å². The fraction of sp³-hybridized carbons (Fsp3) is 0.240. The van der Waals surface area contributed by atoms with Gasteiger partial charge in [0.25, 0.3) is 11.9 Å². The first-order valence-corrected chi connectivity index (χ1v) is 12.0. The van der Waals surface area contributed by atoms with Crippen molar-refractivity contribution in [1.82, 2.24) is 4.90 Å². The Hall–Kier alpha value is -2.84. The molecule has 10 heteroatoms. The van der Waals surface area contributed by atoms with Crippen LogP contribution in [0.4, 0.5) is 5.69 Å². The molecule has 2 aliphatic rings. The van der Waals surface area contributed by atoms with Gasteiger partial charge in [-0.15, -0.1) is 0 Å². The fourth-order valence-corrected chi connectivity index (χ4v) is 5.80. The van der Waals surface area contributed by atoms with Gasteiger partial charge in [0.2, 0.25) is 0 Å². The molecule has 0 aliphatic carbocycles. The molecular weight excluding hydrogens is 513 g/mol. The van der Waals surface area contributed by atoms with Gasteiger partial charge in [-0.05, 0) is 48.5 Å². The maximum atomic E-state index is 13.2. The van der Waals surface area contributed by atoms with Crippen LogP contribution in [0.2, 0.25) is 15.1 Å². The minimum Gasteiger partial charge on any atom is -0.487 e. The molecule has 0 aromatic heterocycles. The molecule has 3 atom stereocenters. The number of fused-ring (bicyclic) bond motifs is 2. The molecule has 0 unspecified atom stereocenters. The van der Waals surface area contributed by atoms with Crippen molar-refractivity contribution >= 4 is 46.4 Å². The van der Waals surface area contributed by atoms with Crippen LogP contribution in [0.1, 0.15) is 22.6 Å². The third-order valence-electron chi connectivity index (χ3n) is 6.80. The van der Waals surface area contributed by atoms with E-state index in [9.17, 15) is 14.9 Å². The maximum Gasteiger partial charge on any atom is 0.256 e. The first-order valence-electron chi connectivity index (χ1n) is 10.9. The lowest BCUT2D eigenvalue weighted by molar-refractivity contribution is -0.534. The van der Waals surface area contributed by atoms with Crippen LogP contribution in [0.25, 0.3) is 0 Å². The molecule has 35 heavy (non-hydrogen) atoms. The first kappa shape index (κ1) is 23.9. The number of ether oxygens (including phenoxy) is 1. The van der Waals surface area contributed by atoms with Crippen LogP contribution < -0.4 is 10.1 Å². The predicted molar refractivity (Wildman–Crippen MR) is 135 cm³/mol. The zero-order valence-electron chi connectivity index (χ0n) is 18.5. The number of halogens is 3. The molecule has 0 saturated carbocycles. The summed E-state index contributed by atoms with van der Waals surface area (Å²) in [6, 6.07) is 16.3. The van der Waals surface area contributed by atoms with Crippen molar-refractivity contribution in [3.63, 3.8) is 0 Å². The second-order valence-corrected chi connectivity index (χ2v) is 9.93. The molecule has 2 heterocycles. The number of nitro groups is 1. The van der Waals surface area contributed by atoms with Crippen LogP contribution in [0.5, 0.6) is 5.75 Å². The normalized spacial score (nSPS) is 23.4. The van der Waals surface area contributed by atoms with Gasteiger partial charge >= 0.3 is 0 Å². The molecule has 7 nitrogen and oxygen atoms in total. The standard InChI is InChI=1S/C25H20Cl3N3O4/c1-30-12-16(23(31(33)34)25(30)17-4-2-3-5-21(17)29-24(25)32)15-7-9-22(20(28)11-15)35-13-14-6-8-18(26)19(27)10-14/h2-11,16,23H,12-13H2,1H3,(H,29,32)/t16-,23+,25-/m1/s1. The van der Waals surface area contributed by atoms with Gasteiger partial charge in [-0.1, -0.05) is 65.1 Å². The van der Waals surface area contributed by atoms with E-state index in [1.54, 1.807) is 72.6 Å². The largest absolute Gasteiger partial charge is 0.487 e. The summed E-state index contributed by atoms with van der Waals surface area (Å²) < 4.78 is 5.85. The third-order valence-corrected chi connectivity index (χ3v) is 7.84. The third kappa shape index (κ3) is 3.83. The van der Waals surface area contributed by atoms with Crippen molar-refractivity contribution in [1.29, 1.82) is 0 Å². The van der Waals surface area contributed by atoms with Crippen molar-refractivity contribution in [3.8, 4) is 5.75 Å². The summed E-state index contributed by atoms with van der Waals surface area (Å²) in [5.74, 6) is -0.518. The highest BCUT2D eigenvalue weighted by Gasteiger charge is 2.68. The van der Waals surface area contributed by atoms with Gasteiger partial charge in [0.1, 0.15) is 12.4 Å². The molecule has 3 aromatic rings. The number of likely N-dealkylation sites (N-methyl/N-ethyl adjacent to an activating group) is 1. The van der Waals surface area contributed by atoms with Crippen molar-refractivity contribution < 1.29 is 14.5 Å². The number of hydrogen-bond acceptors (Lipinski definition) is 5. The molecule has 1 spiro atoms. The van der Waals surface area contributed by atoms with E-state index in [1.807, 2.05) is 0 Å². The molecule has 3 aromatic carbocycles. The summed E-state index contributed by atoms with van der Waals surface area (Å²) in [5.41, 5.74) is 1.29. The van der Waals surface area contributed by atoms with E-state index in [0.717, 1.165) is 5.56 Å². The zero-order valence-corrected chi connectivity index (χ0v) is 20.8. The molecule has 2 aliphatic heterocycles. The minimum absolute atomic E-state index is 0.222. The Labute approximate surface area is 216 Å². The second-order valence-electron chi connectivity index (χ2n) is 8.71. The van der Waals surface area contributed by atoms with Crippen molar-refractivity contribution in [2.75, 3.05) is 18.9 Å². The Morgan fingerprint density at radius 1 is 1.09 bits per heavy atom. The van der Waals surface area contributed by atoms with Gasteiger partial charge in [0.05, 0.1) is 21.0 Å². The number of benzene rings is 3. The smallest absolute Gasteiger partial charge is 0.256 e. The monoisotopic (exact) mass is 531 g/mol. The topological polar surface area (TPSA) is 84.7 Å². The molecule has 5 rings (SSSR count). The van der Waals surface area contributed by atoms with Crippen molar-refractivity contribution in [3.05, 3.63) is 103 Å². The Bertz CT molecular complexity index is 1350. The molecule has 0 bridgehead atoms. The Balaban J connectivity index is 1.45. The van der Waals surface area contributed by atoms with Gasteiger partial charge in [-0.25, -0.2) is 0 Å². The summed E-state index contributed by atoms with van der Waals surface area (Å²) >= 11 is 18.5. The van der Waals surface area contributed by atoms with Gasteiger partial charge in [0, 0.05) is 22.7 Å². The number of carbonyl (C=O) groups is 1. The number of anilines is 1. The highest BCUT2D eigenvalue weighted by molar-refractivity contribution is 6.42. The Kier molecular flexibility index (Phi) is 6.13. The molecule has 1 saturated heterocycles. The fourth-order valence-electron chi connectivity index (χ4n) is 5.24. The molecule has 1 N–H and O–H groups in total. The van der Waals surface area contributed by atoms with Gasteiger partial charge in [0.15, 0.2) is 5.54 Å². The lowest BCUT2D eigenvalue weighted by atomic mass is 9.79. The van der Waals surface area contributed by atoms with Crippen molar-refractivity contribution in [2.45, 2.75) is 24.1 Å². The van der Waals surface area contributed by atoms with E-state index in [-0.39, 0.29) is 11.5 Å².